The van der Waals surface area contributed by atoms with Gasteiger partial charge in [-0.1, -0.05) is 200 Å². The molecule has 0 saturated heterocycles. The average Bonchev–Trinajstić information content (AvgIpc) is 4.14. The topological polar surface area (TPSA) is 29.5 Å². The van der Waals surface area contributed by atoms with E-state index in [0.717, 1.165) is 94.0 Å². The van der Waals surface area contributed by atoms with Crippen LogP contribution in [0.15, 0.2) is 245 Å². The predicted molar refractivity (Wildman–Crippen MR) is 280 cm³/mol. The summed E-state index contributed by atoms with van der Waals surface area (Å²) in [7, 11) is 0. The van der Waals surface area contributed by atoms with Crippen LogP contribution < -0.4 is 4.90 Å². The zero-order valence-corrected chi connectivity index (χ0v) is 36.8. The van der Waals surface area contributed by atoms with Gasteiger partial charge in [0.25, 0.3) is 0 Å². The van der Waals surface area contributed by atoms with Crippen molar-refractivity contribution in [1.29, 1.82) is 0 Å². The largest absolute Gasteiger partial charge is 0.455 e. The fraction of sp³-hybridized carbons (Fsp3) is 0.0154. The minimum absolute atomic E-state index is 0.502. The van der Waals surface area contributed by atoms with Gasteiger partial charge in [-0.3, -0.25) is 0 Å². The smallest absolute Gasteiger partial charge is 0.159 e. The maximum absolute atomic E-state index is 7.52. The normalized spacial score (nSPS) is 13.1. The molecular formula is C65H39NO2. The molecule has 2 aliphatic carbocycles. The Morgan fingerprint density at radius 1 is 0.309 bits per heavy atom. The Bertz CT molecular complexity index is 4170. The van der Waals surface area contributed by atoms with Crippen LogP contribution in [0.3, 0.4) is 0 Å². The van der Waals surface area contributed by atoms with Crippen LogP contribution in [0, 0.1) is 0 Å². The van der Waals surface area contributed by atoms with Crippen molar-refractivity contribution in [3.05, 3.63) is 259 Å². The first-order valence-electron chi connectivity index (χ1n) is 23.4. The van der Waals surface area contributed by atoms with Crippen LogP contribution >= 0.6 is 0 Å². The third kappa shape index (κ3) is 4.97. The summed E-state index contributed by atoms with van der Waals surface area (Å²) in [5.41, 5.74) is 20.6. The maximum Gasteiger partial charge on any atom is 0.159 e. The fourth-order valence-corrected chi connectivity index (χ4v) is 12.1. The van der Waals surface area contributed by atoms with Gasteiger partial charge >= 0.3 is 0 Å². The van der Waals surface area contributed by atoms with E-state index in [4.69, 9.17) is 8.83 Å². The van der Waals surface area contributed by atoms with Crippen LogP contribution in [0.5, 0.6) is 0 Å². The highest BCUT2D eigenvalue weighted by molar-refractivity contribution is 6.23. The lowest BCUT2D eigenvalue weighted by molar-refractivity contribution is 0.665. The van der Waals surface area contributed by atoms with E-state index >= 15 is 0 Å². The van der Waals surface area contributed by atoms with Crippen LogP contribution in [0.4, 0.5) is 17.1 Å². The number of hydrogen-bond donors (Lipinski definition) is 0. The Kier molecular flexibility index (Phi) is 7.71. The number of para-hydroxylation sites is 4. The molecule has 2 aliphatic rings. The van der Waals surface area contributed by atoms with Crippen LogP contribution in [0.25, 0.3) is 99.2 Å². The lowest BCUT2D eigenvalue weighted by Crippen LogP contribution is -2.26. The molecule has 0 fully saturated rings. The third-order valence-electron chi connectivity index (χ3n) is 14.9. The molecule has 3 heteroatoms. The summed E-state index contributed by atoms with van der Waals surface area (Å²) in [6.07, 6.45) is 0. The van der Waals surface area contributed by atoms with Gasteiger partial charge < -0.3 is 13.7 Å². The van der Waals surface area contributed by atoms with Crippen LogP contribution in [-0.2, 0) is 5.41 Å². The number of anilines is 3. The van der Waals surface area contributed by atoms with E-state index in [0.29, 0.717) is 0 Å². The molecule has 13 aromatic rings. The second-order valence-corrected chi connectivity index (χ2v) is 18.2. The molecule has 316 valence electrons. The highest BCUT2D eigenvalue weighted by Gasteiger charge is 2.51. The molecule has 11 aromatic carbocycles. The molecule has 68 heavy (non-hydrogen) atoms. The van der Waals surface area contributed by atoms with Crippen molar-refractivity contribution in [3.63, 3.8) is 0 Å². The summed E-state index contributed by atoms with van der Waals surface area (Å²) >= 11 is 0. The highest BCUT2D eigenvalue weighted by Crippen LogP contribution is 2.63. The lowest BCUT2D eigenvalue weighted by atomic mass is 9.70. The van der Waals surface area contributed by atoms with Crippen molar-refractivity contribution in [2.75, 3.05) is 4.90 Å². The maximum atomic E-state index is 7.52. The number of nitrogens with zero attached hydrogens (tertiary/aromatic N) is 1. The van der Waals surface area contributed by atoms with Crippen molar-refractivity contribution in [3.8, 4) is 44.5 Å². The highest BCUT2D eigenvalue weighted by atomic mass is 16.3. The monoisotopic (exact) mass is 865 g/mol. The van der Waals surface area contributed by atoms with E-state index in [-0.39, 0.29) is 0 Å². The lowest BCUT2D eigenvalue weighted by Gasteiger charge is -2.32. The van der Waals surface area contributed by atoms with Gasteiger partial charge in [-0.15, -0.1) is 0 Å². The zero-order valence-electron chi connectivity index (χ0n) is 36.8. The van der Waals surface area contributed by atoms with Gasteiger partial charge in [0.1, 0.15) is 16.7 Å². The van der Waals surface area contributed by atoms with E-state index in [9.17, 15) is 0 Å². The molecule has 2 aromatic heterocycles. The van der Waals surface area contributed by atoms with Gasteiger partial charge in [-0.25, -0.2) is 0 Å². The summed E-state index contributed by atoms with van der Waals surface area (Å²) < 4.78 is 14.3. The Labute approximate surface area is 392 Å². The van der Waals surface area contributed by atoms with Gasteiger partial charge in [0.05, 0.1) is 16.8 Å². The van der Waals surface area contributed by atoms with Crippen molar-refractivity contribution in [2.45, 2.75) is 5.41 Å². The van der Waals surface area contributed by atoms with Gasteiger partial charge in [-0.2, -0.15) is 0 Å². The van der Waals surface area contributed by atoms with E-state index in [1.807, 2.05) is 6.07 Å². The average molecular weight is 866 g/mol. The molecular weight excluding hydrogens is 827 g/mol. The summed E-state index contributed by atoms with van der Waals surface area (Å²) in [5.74, 6) is 0. The number of rotatable bonds is 5. The molecule has 0 saturated carbocycles. The first-order valence-corrected chi connectivity index (χ1v) is 23.4. The Morgan fingerprint density at radius 3 is 1.60 bits per heavy atom. The quantitative estimate of drug-likeness (QED) is 0.173. The molecule has 0 N–H and O–H groups in total. The Balaban J connectivity index is 1.04. The van der Waals surface area contributed by atoms with Gasteiger partial charge in [0, 0.05) is 43.9 Å². The summed E-state index contributed by atoms with van der Waals surface area (Å²) in [5, 5.41) is 6.55. The molecule has 0 radical (unpaired) electrons. The van der Waals surface area contributed by atoms with Gasteiger partial charge in [-0.05, 0) is 97.2 Å². The third-order valence-corrected chi connectivity index (χ3v) is 14.9. The number of benzene rings is 11. The Hall–Kier alpha value is -8.92. The first kappa shape index (κ1) is 37.3. The summed E-state index contributed by atoms with van der Waals surface area (Å²) in [6, 6.07) is 86.1. The number of fused-ring (bicyclic) bond motifs is 17. The van der Waals surface area contributed by atoms with Crippen LogP contribution in [0.2, 0.25) is 0 Å². The van der Waals surface area contributed by atoms with Gasteiger partial charge in [0.15, 0.2) is 5.58 Å². The minimum Gasteiger partial charge on any atom is -0.455 e. The number of hydrogen-bond acceptors (Lipinski definition) is 3. The number of furan rings is 2. The van der Waals surface area contributed by atoms with E-state index in [1.54, 1.807) is 0 Å². The SMILES string of the molecule is c1ccc(-c2ccccc2N(c2ccc3c(c2)C2(c4ccccc4-c4ccccc42)c2ccccc2-3)c2cccc3c2oc2c(-c4cccc5c4oc4ccccc45)c4ccccc4cc23)cc1. The fourth-order valence-electron chi connectivity index (χ4n) is 12.1. The molecule has 0 atom stereocenters. The molecule has 15 rings (SSSR count). The predicted octanol–water partition coefficient (Wildman–Crippen LogP) is 17.8. The van der Waals surface area contributed by atoms with Crippen molar-refractivity contribution in [2.24, 2.45) is 0 Å². The minimum atomic E-state index is -0.502. The zero-order chi connectivity index (χ0) is 44.5. The van der Waals surface area contributed by atoms with Crippen LogP contribution in [0.1, 0.15) is 22.3 Å². The Morgan fingerprint density at radius 2 is 0.853 bits per heavy atom. The molecule has 0 unspecified atom stereocenters. The summed E-state index contributed by atoms with van der Waals surface area (Å²) in [4.78, 5) is 2.44. The van der Waals surface area contributed by atoms with E-state index in [2.05, 4.69) is 235 Å². The second-order valence-electron chi connectivity index (χ2n) is 18.2. The summed E-state index contributed by atoms with van der Waals surface area (Å²) in [6.45, 7) is 0. The van der Waals surface area contributed by atoms with Crippen molar-refractivity contribution in [1.82, 2.24) is 0 Å². The molecule has 0 amide bonds. The van der Waals surface area contributed by atoms with Gasteiger partial charge in [0.2, 0.25) is 0 Å². The van der Waals surface area contributed by atoms with Crippen molar-refractivity contribution >= 4 is 71.7 Å². The standard InChI is InChI=1S/C65H39NO2/c1-2-18-40(19-3-1)43-21-9-14-33-58(43)66(42-36-37-48-47-25-8-13-32-56(47)65(57(48)39-42)54-30-11-6-23-45(54)46-24-7-12-31-55(46)65)59-34-17-28-51-53-38-41-20-4-5-22-44(41)61(64(53)68-63(51)59)52-29-16-27-50-49-26-10-15-35-60(49)67-62(50)52/h1-39H. The van der Waals surface area contributed by atoms with E-state index < -0.39 is 5.41 Å². The molecule has 0 bridgehead atoms. The van der Waals surface area contributed by atoms with Crippen molar-refractivity contribution < 1.29 is 8.83 Å². The molecule has 3 nitrogen and oxygen atoms in total. The second kappa shape index (κ2) is 14.0. The molecule has 0 aliphatic heterocycles. The van der Waals surface area contributed by atoms with E-state index in [1.165, 1.54) is 44.5 Å². The molecule has 2 heterocycles. The van der Waals surface area contributed by atoms with Crippen LogP contribution in [-0.4, -0.2) is 0 Å². The molecule has 1 spiro atoms. The first-order chi connectivity index (χ1) is 33.8.